The van der Waals surface area contributed by atoms with E-state index in [-0.39, 0.29) is 23.1 Å². The molecule has 5 rings (SSSR count). The molecule has 0 radical (unpaired) electrons. The first-order chi connectivity index (χ1) is 15.2. The Kier molecular flexibility index (Phi) is 4.99. The quantitative estimate of drug-likeness (QED) is 0.574. The summed E-state index contributed by atoms with van der Waals surface area (Å²) in [5.41, 5.74) is 4.80. The Hall–Kier alpha value is -2.89. The first-order valence-electron chi connectivity index (χ1n) is 11.7. The third kappa shape index (κ3) is 3.76. The number of benzene rings is 1. The molecule has 1 atom stereocenters. The number of nitrogens with zero attached hydrogens (tertiary/aromatic N) is 2. The van der Waals surface area contributed by atoms with Crippen LogP contribution < -0.4 is 5.32 Å². The van der Waals surface area contributed by atoms with Crippen molar-refractivity contribution < 1.29 is 9.59 Å². The van der Waals surface area contributed by atoms with Gasteiger partial charge in [0.1, 0.15) is 11.5 Å². The van der Waals surface area contributed by atoms with E-state index < -0.39 is 0 Å². The number of nitrogens with one attached hydrogen (secondary N) is 2. The van der Waals surface area contributed by atoms with Crippen molar-refractivity contribution in [3.8, 4) is 0 Å². The number of aromatic nitrogens is 3. The van der Waals surface area contributed by atoms with Crippen molar-refractivity contribution in [1.82, 2.24) is 19.9 Å². The second kappa shape index (κ2) is 7.61. The van der Waals surface area contributed by atoms with Crippen LogP contribution in [0.5, 0.6) is 0 Å². The van der Waals surface area contributed by atoms with Gasteiger partial charge in [-0.2, -0.15) is 0 Å². The van der Waals surface area contributed by atoms with Gasteiger partial charge in [0.25, 0.3) is 5.91 Å². The minimum Gasteiger partial charge on any atom is -0.354 e. The Morgan fingerprint density at radius 1 is 1.28 bits per heavy atom. The molecule has 0 spiro atoms. The van der Waals surface area contributed by atoms with Gasteiger partial charge in [0.2, 0.25) is 0 Å². The van der Waals surface area contributed by atoms with Crippen LogP contribution in [0.2, 0.25) is 0 Å². The maximum atomic E-state index is 13.4. The number of para-hydroxylation sites is 2. The van der Waals surface area contributed by atoms with Gasteiger partial charge >= 0.3 is 0 Å². The van der Waals surface area contributed by atoms with Gasteiger partial charge in [-0.1, -0.05) is 38.8 Å². The summed E-state index contributed by atoms with van der Waals surface area (Å²) in [6, 6.07) is 7.89. The van der Waals surface area contributed by atoms with Crippen LogP contribution in [0.1, 0.15) is 89.9 Å². The lowest BCUT2D eigenvalue weighted by atomic mass is 9.75. The number of aryl methyl sites for hydroxylation is 1. The SMILES string of the molecule is Cc1c(C(=O)NC(CCC2CC2)c2nc3ccccc3n2C)[nH]c2c1C(=O)CC(C)(C)C2. The highest BCUT2D eigenvalue weighted by Crippen LogP contribution is 2.38. The summed E-state index contributed by atoms with van der Waals surface area (Å²) < 4.78 is 2.09. The zero-order chi connectivity index (χ0) is 22.6. The minimum atomic E-state index is -0.174. The average molecular weight is 433 g/mol. The second-order valence-corrected chi connectivity index (χ2v) is 10.5. The zero-order valence-corrected chi connectivity index (χ0v) is 19.4. The number of amides is 1. The molecule has 1 saturated carbocycles. The van der Waals surface area contributed by atoms with Crippen LogP contribution >= 0.6 is 0 Å². The fraction of sp³-hybridized carbons (Fsp3) is 0.500. The molecular formula is C26H32N4O2. The summed E-state index contributed by atoms with van der Waals surface area (Å²) in [6.07, 6.45) is 5.80. The Labute approximate surface area is 188 Å². The molecule has 2 aromatic heterocycles. The standard InChI is InChI=1S/C26H32N4O2/c1-15-22-19(13-26(2,3)14-21(22)31)27-23(15)25(32)29-18(12-11-16-9-10-16)24-28-17-7-5-6-8-20(17)30(24)4/h5-8,16,18,27H,9-14H2,1-4H3,(H,29,32). The first-order valence-corrected chi connectivity index (χ1v) is 11.7. The summed E-state index contributed by atoms with van der Waals surface area (Å²) in [5.74, 6) is 1.62. The number of hydrogen-bond acceptors (Lipinski definition) is 3. The monoisotopic (exact) mass is 432 g/mol. The van der Waals surface area contributed by atoms with Crippen LogP contribution in [0.15, 0.2) is 24.3 Å². The van der Waals surface area contributed by atoms with Crippen molar-refractivity contribution in [1.29, 1.82) is 0 Å². The lowest BCUT2D eigenvalue weighted by Gasteiger charge is -2.28. The molecule has 6 nitrogen and oxygen atoms in total. The van der Waals surface area contributed by atoms with E-state index in [1.54, 1.807) is 0 Å². The normalized spacial score (nSPS) is 18.6. The van der Waals surface area contributed by atoms with Crippen molar-refractivity contribution in [2.24, 2.45) is 18.4 Å². The minimum absolute atomic E-state index is 0.0883. The molecule has 168 valence electrons. The number of aromatic amines is 1. The van der Waals surface area contributed by atoms with Crippen molar-refractivity contribution in [3.05, 3.63) is 52.6 Å². The molecule has 3 aromatic rings. The summed E-state index contributed by atoms with van der Waals surface area (Å²) >= 11 is 0. The van der Waals surface area contributed by atoms with Crippen LogP contribution in [0.3, 0.4) is 0 Å². The molecule has 2 N–H and O–H groups in total. The second-order valence-electron chi connectivity index (χ2n) is 10.5. The molecular weight excluding hydrogens is 400 g/mol. The first kappa shape index (κ1) is 21.0. The average Bonchev–Trinajstić information content (AvgIpc) is 3.42. The van der Waals surface area contributed by atoms with Gasteiger partial charge in [0, 0.05) is 24.7 Å². The Morgan fingerprint density at radius 3 is 2.75 bits per heavy atom. The maximum Gasteiger partial charge on any atom is 0.268 e. The smallest absolute Gasteiger partial charge is 0.268 e. The van der Waals surface area contributed by atoms with Gasteiger partial charge < -0.3 is 14.9 Å². The molecule has 6 heteroatoms. The van der Waals surface area contributed by atoms with E-state index in [1.807, 2.05) is 32.2 Å². The van der Waals surface area contributed by atoms with Gasteiger partial charge in [0.15, 0.2) is 5.78 Å². The van der Waals surface area contributed by atoms with Crippen molar-refractivity contribution >= 4 is 22.7 Å². The predicted molar refractivity (Wildman–Crippen MR) is 125 cm³/mol. The van der Waals surface area contributed by atoms with E-state index >= 15 is 0 Å². The summed E-state index contributed by atoms with van der Waals surface area (Å²) in [7, 11) is 2.01. The molecule has 1 unspecified atom stereocenters. The number of H-pyrrole nitrogens is 1. The highest BCUT2D eigenvalue weighted by atomic mass is 16.2. The fourth-order valence-electron chi connectivity index (χ4n) is 5.24. The number of hydrogen-bond donors (Lipinski definition) is 2. The lowest BCUT2D eigenvalue weighted by Crippen LogP contribution is -2.31. The fourth-order valence-corrected chi connectivity index (χ4v) is 5.24. The van der Waals surface area contributed by atoms with Crippen LogP contribution in [-0.4, -0.2) is 26.2 Å². The number of rotatable bonds is 6. The molecule has 2 aliphatic rings. The Morgan fingerprint density at radius 2 is 2.03 bits per heavy atom. The molecule has 1 fully saturated rings. The molecule has 0 aliphatic heterocycles. The summed E-state index contributed by atoms with van der Waals surface area (Å²) in [5, 5.41) is 3.26. The van der Waals surface area contributed by atoms with E-state index in [9.17, 15) is 9.59 Å². The summed E-state index contributed by atoms with van der Waals surface area (Å²) in [6.45, 7) is 6.08. The highest BCUT2D eigenvalue weighted by molar-refractivity contribution is 6.04. The van der Waals surface area contributed by atoms with Crippen LogP contribution in [-0.2, 0) is 13.5 Å². The number of imidazole rings is 1. The third-order valence-electron chi connectivity index (χ3n) is 7.13. The molecule has 0 bridgehead atoms. The van der Waals surface area contributed by atoms with Gasteiger partial charge in [-0.05, 0) is 55.2 Å². The Balaban J connectivity index is 1.46. The van der Waals surface area contributed by atoms with Crippen LogP contribution in [0.25, 0.3) is 11.0 Å². The number of carbonyl (C=O) groups is 2. The third-order valence-corrected chi connectivity index (χ3v) is 7.13. The van der Waals surface area contributed by atoms with Gasteiger partial charge in [-0.25, -0.2) is 4.98 Å². The number of ketones is 1. The Bertz CT molecular complexity index is 1210. The van der Waals surface area contributed by atoms with E-state index in [4.69, 9.17) is 4.98 Å². The molecule has 1 aromatic carbocycles. The van der Waals surface area contributed by atoms with Gasteiger partial charge in [-0.15, -0.1) is 0 Å². The van der Waals surface area contributed by atoms with Gasteiger partial charge in [-0.3, -0.25) is 9.59 Å². The largest absolute Gasteiger partial charge is 0.354 e. The number of carbonyl (C=O) groups excluding carboxylic acids is 2. The summed E-state index contributed by atoms with van der Waals surface area (Å²) in [4.78, 5) is 34.4. The molecule has 32 heavy (non-hydrogen) atoms. The maximum absolute atomic E-state index is 13.4. The number of fused-ring (bicyclic) bond motifs is 2. The van der Waals surface area contributed by atoms with E-state index in [1.165, 1.54) is 12.8 Å². The van der Waals surface area contributed by atoms with Gasteiger partial charge in [0.05, 0.1) is 17.1 Å². The topological polar surface area (TPSA) is 79.8 Å². The van der Waals surface area contributed by atoms with E-state index in [0.29, 0.717) is 17.7 Å². The molecule has 2 heterocycles. The molecule has 1 amide bonds. The highest BCUT2D eigenvalue weighted by Gasteiger charge is 2.36. The van der Waals surface area contributed by atoms with E-state index in [2.05, 4.69) is 34.8 Å². The van der Waals surface area contributed by atoms with Crippen molar-refractivity contribution in [3.63, 3.8) is 0 Å². The van der Waals surface area contributed by atoms with Crippen LogP contribution in [0.4, 0.5) is 0 Å². The molecule has 0 saturated heterocycles. The van der Waals surface area contributed by atoms with E-state index in [0.717, 1.165) is 53.3 Å². The van der Waals surface area contributed by atoms with Crippen LogP contribution in [0, 0.1) is 18.3 Å². The number of Topliss-reactive ketones (excluding diaryl/α,β-unsaturated/α-hetero) is 1. The predicted octanol–water partition coefficient (Wildman–Crippen LogP) is 5.03. The zero-order valence-electron chi connectivity index (χ0n) is 19.4. The van der Waals surface area contributed by atoms with Crippen molar-refractivity contribution in [2.45, 2.75) is 65.3 Å². The lowest BCUT2D eigenvalue weighted by molar-refractivity contribution is 0.0908. The molecule has 2 aliphatic carbocycles. The van der Waals surface area contributed by atoms with Crippen molar-refractivity contribution in [2.75, 3.05) is 0 Å².